The van der Waals surface area contributed by atoms with E-state index in [0.29, 0.717) is 11.3 Å². The molecule has 19 heavy (non-hydrogen) atoms. The maximum absolute atomic E-state index is 10.8. The quantitative estimate of drug-likeness (QED) is 0.838. The molecule has 0 N–H and O–H groups in total. The zero-order chi connectivity index (χ0) is 13.7. The van der Waals surface area contributed by atoms with Crippen molar-refractivity contribution in [3.8, 4) is 22.9 Å². The van der Waals surface area contributed by atoms with Crippen LogP contribution in [0.15, 0.2) is 48.5 Å². The molecule has 0 saturated heterocycles. The van der Waals surface area contributed by atoms with Crippen LogP contribution < -0.4 is 4.74 Å². The molecular weight excluding hydrogens is 238 g/mol. The van der Waals surface area contributed by atoms with Crippen molar-refractivity contribution in [2.24, 2.45) is 0 Å². The molecule has 0 aliphatic rings. The lowest BCUT2D eigenvalue weighted by Gasteiger charge is -2.06. The molecule has 0 amide bonds. The molecule has 2 rings (SSSR count). The van der Waals surface area contributed by atoms with Gasteiger partial charge in [0.2, 0.25) is 0 Å². The Balaban J connectivity index is 2.13. The fourth-order valence-corrected chi connectivity index (χ4v) is 1.67. The first-order valence-corrected chi connectivity index (χ1v) is 5.92. The van der Waals surface area contributed by atoms with E-state index in [1.54, 1.807) is 12.1 Å². The minimum absolute atomic E-state index is 0.00355. The van der Waals surface area contributed by atoms with Gasteiger partial charge in [-0.2, -0.15) is 5.26 Å². The fourth-order valence-electron chi connectivity index (χ4n) is 1.67. The Bertz CT molecular complexity index is 607. The number of carbonyl (C=O) groups is 1. The summed E-state index contributed by atoms with van der Waals surface area (Å²) in [5, 5.41) is 8.75. The van der Waals surface area contributed by atoms with Gasteiger partial charge in [0.1, 0.15) is 12.4 Å². The Kier molecular flexibility index (Phi) is 3.94. The number of hydrogen-bond acceptors (Lipinski definition) is 3. The molecule has 3 heteroatoms. The molecule has 0 aliphatic carbocycles. The standard InChI is InChI=1S/C16H13NO2/c1-12(18)11-19-16-8-6-15(7-9-16)14-4-2-13(10-17)3-5-14/h2-9H,11H2,1H3. The van der Waals surface area contributed by atoms with Crippen LogP contribution in [0, 0.1) is 11.3 Å². The molecule has 2 aromatic carbocycles. The van der Waals surface area contributed by atoms with Crippen molar-refractivity contribution < 1.29 is 9.53 Å². The Morgan fingerprint density at radius 1 is 1.05 bits per heavy atom. The van der Waals surface area contributed by atoms with Crippen molar-refractivity contribution in [1.29, 1.82) is 5.26 Å². The molecule has 3 nitrogen and oxygen atoms in total. The molecule has 94 valence electrons. The van der Waals surface area contributed by atoms with Crippen LogP contribution in [0.25, 0.3) is 11.1 Å². The van der Waals surface area contributed by atoms with Crippen molar-refractivity contribution in [3.63, 3.8) is 0 Å². The zero-order valence-corrected chi connectivity index (χ0v) is 10.6. The van der Waals surface area contributed by atoms with Crippen molar-refractivity contribution in [2.75, 3.05) is 6.61 Å². The summed E-state index contributed by atoms with van der Waals surface area (Å²) >= 11 is 0. The number of Topliss-reactive ketones (excluding diaryl/α,β-unsaturated/α-hetero) is 1. The van der Waals surface area contributed by atoms with E-state index in [-0.39, 0.29) is 12.4 Å². The summed E-state index contributed by atoms with van der Waals surface area (Å²) in [7, 11) is 0. The van der Waals surface area contributed by atoms with E-state index in [9.17, 15) is 4.79 Å². The van der Waals surface area contributed by atoms with Gasteiger partial charge in [-0.1, -0.05) is 24.3 Å². The van der Waals surface area contributed by atoms with E-state index in [4.69, 9.17) is 10.00 Å². The number of carbonyl (C=O) groups excluding carboxylic acids is 1. The highest BCUT2D eigenvalue weighted by Gasteiger charge is 2.00. The minimum atomic E-state index is -0.00355. The van der Waals surface area contributed by atoms with Gasteiger partial charge in [0, 0.05) is 0 Å². The van der Waals surface area contributed by atoms with E-state index in [2.05, 4.69) is 6.07 Å². The van der Waals surface area contributed by atoms with Crippen LogP contribution in [0.4, 0.5) is 0 Å². The number of rotatable bonds is 4. The third kappa shape index (κ3) is 3.43. The topological polar surface area (TPSA) is 50.1 Å². The Hall–Kier alpha value is -2.60. The average Bonchev–Trinajstić information content (AvgIpc) is 2.46. The van der Waals surface area contributed by atoms with Crippen LogP contribution in [-0.2, 0) is 4.79 Å². The average molecular weight is 251 g/mol. The van der Waals surface area contributed by atoms with Crippen molar-refractivity contribution in [2.45, 2.75) is 6.92 Å². The first kappa shape index (κ1) is 12.8. The van der Waals surface area contributed by atoms with Crippen LogP contribution in [0.3, 0.4) is 0 Å². The smallest absolute Gasteiger partial charge is 0.167 e. The van der Waals surface area contributed by atoms with Gasteiger partial charge in [-0.3, -0.25) is 4.79 Å². The summed E-state index contributed by atoms with van der Waals surface area (Å²) in [6, 6.07) is 17.0. The Labute approximate surface area is 112 Å². The molecule has 0 saturated carbocycles. The minimum Gasteiger partial charge on any atom is -0.486 e. The molecule has 0 spiro atoms. The number of nitrogens with zero attached hydrogens (tertiary/aromatic N) is 1. The summed E-state index contributed by atoms with van der Waals surface area (Å²) in [6.07, 6.45) is 0. The number of nitriles is 1. The molecule has 0 fully saturated rings. The number of ketones is 1. The van der Waals surface area contributed by atoms with Crippen LogP contribution in [-0.4, -0.2) is 12.4 Å². The van der Waals surface area contributed by atoms with Crippen LogP contribution >= 0.6 is 0 Å². The van der Waals surface area contributed by atoms with E-state index >= 15 is 0 Å². The number of benzene rings is 2. The third-order valence-corrected chi connectivity index (χ3v) is 2.64. The van der Waals surface area contributed by atoms with Crippen molar-refractivity contribution in [3.05, 3.63) is 54.1 Å². The Morgan fingerprint density at radius 3 is 2.05 bits per heavy atom. The SMILES string of the molecule is CC(=O)COc1ccc(-c2ccc(C#N)cc2)cc1. The van der Waals surface area contributed by atoms with E-state index in [1.807, 2.05) is 36.4 Å². The normalized spacial score (nSPS) is 9.68. The van der Waals surface area contributed by atoms with E-state index < -0.39 is 0 Å². The number of ether oxygens (including phenoxy) is 1. The van der Waals surface area contributed by atoms with E-state index in [1.165, 1.54) is 6.92 Å². The molecular formula is C16H13NO2. The molecule has 0 bridgehead atoms. The molecule has 0 aliphatic heterocycles. The summed E-state index contributed by atoms with van der Waals surface area (Å²) in [6.45, 7) is 1.58. The van der Waals surface area contributed by atoms with E-state index in [0.717, 1.165) is 11.1 Å². The summed E-state index contributed by atoms with van der Waals surface area (Å²) < 4.78 is 5.30. The molecule has 0 heterocycles. The highest BCUT2D eigenvalue weighted by atomic mass is 16.5. The van der Waals surface area contributed by atoms with Gasteiger partial charge in [-0.15, -0.1) is 0 Å². The maximum Gasteiger partial charge on any atom is 0.167 e. The predicted octanol–water partition coefficient (Wildman–Crippen LogP) is 3.19. The zero-order valence-electron chi connectivity index (χ0n) is 10.6. The van der Waals surface area contributed by atoms with Crippen LogP contribution in [0.5, 0.6) is 5.75 Å². The lowest BCUT2D eigenvalue weighted by molar-refractivity contribution is -0.118. The van der Waals surface area contributed by atoms with Crippen LogP contribution in [0.2, 0.25) is 0 Å². The summed E-state index contributed by atoms with van der Waals surface area (Å²) in [5.41, 5.74) is 2.72. The largest absolute Gasteiger partial charge is 0.486 e. The lowest BCUT2D eigenvalue weighted by Crippen LogP contribution is -2.06. The van der Waals surface area contributed by atoms with Gasteiger partial charge in [0.05, 0.1) is 11.6 Å². The molecule has 2 aromatic rings. The second-order valence-electron chi connectivity index (χ2n) is 4.20. The van der Waals surface area contributed by atoms with Gasteiger partial charge in [-0.05, 0) is 42.3 Å². The predicted molar refractivity (Wildman–Crippen MR) is 72.8 cm³/mol. The van der Waals surface area contributed by atoms with Gasteiger partial charge in [-0.25, -0.2) is 0 Å². The Morgan fingerprint density at radius 2 is 1.58 bits per heavy atom. The monoisotopic (exact) mass is 251 g/mol. The van der Waals surface area contributed by atoms with Gasteiger partial charge < -0.3 is 4.74 Å². The van der Waals surface area contributed by atoms with Gasteiger partial charge in [0.15, 0.2) is 5.78 Å². The second-order valence-corrected chi connectivity index (χ2v) is 4.20. The molecule has 0 unspecified atom stereocenters. The third-order valence-electron chi connectivity index (χ3n) is 2.64. The number of hydrogen-bond donors (Lipinski definition) is 0. The first-order valence-electron chi connectivity index (χ1n) is 5.92. The fraction of sp³-hybridized carbons (Fsp3) is 0.125. The highest BCUT2D eigenvalue weighted by molar-refractivity contribution is 5.77. The van der Waals surface area contributed by atoms with Crippen LogP contribution in [0.1, 0.15) is 12.5 Å². The second kappa shape index (κ2) is 5.83. The summed E-state index contributed by atoms with van der Waals surface area (Å²) in [4.78, 5) is 10.8. The molecule has 0 aromatic heterocycles. The highest BCUT2D eigenvalue weighted by Crippen LogP contribution is 2.22. The van der Waals surface area contributed by atoms with Gasteiger partial charge in [0.25, 0.3) is 0 Å². The molecule has 0 atom stereocenters. The lowest BCUT2D eigenvalue weighted by atomic mass is 10.0. The maximum atomic E-state index is 10.8. The van der Waals surface area contributed by atoms with Crippen molar-refractivity contribution in [1.82, 2.24) is 0 Å². The van der Waals surface area contributed by atoms with Gasteiger partial charge >= 0.3 is 0 Å². The molecule has 0 radical (unpaired) electrons. The van der Waals surface area contributed by atoms with Crippen molar-refractivity contribution >= 4 is 5.78 Å². The summed E-state index contributed by atoms with van der Waals surface area (Å²) in [5.74, 6) is 0.670. The first-order chi connectivity index (χ1) is 9.19.